The number of hydrogen-bond donors (Lipinski definition) is 1. The Hall–Kier alpha value is -2.63. The number of anilines is 1. The lowest BCUT2D eigenvalue weighted by molar-refractivity contribution is -0.0493. The van der Waals surface area contributed by atoms with E-state index in [-0.39, 0.29) is 11.4 Å². The van der Waals surface area contributed by atoms with Gasteiger partial charge >= 0.3 is 6.61 Å². The molecule has 4 nitrogen and oxygen atoms in total. The summed E-state index contributed by atoms with van der Waals surface area (Å²) in [5, 5.41) is 2.57. The van der Waals surface area contributed by atoms with Crippen LogP contribution in [0, 0.1) is 0 Å². The van der Waals surface area contributed by atoms with Gasteiger partial charge in [0.2, 0.25) is 0 Å². The number of halogens is 2. The van der Waals surface area contributed by atoms with Crippen molar-refractivity contribution in [3.05, 3.63) is 54.1 Å². The topological polar surface area (TPSA) is 47.6 Å². The highest BCUT2D eigenvalue weighted by Crippen LogP contribution is 2.26. The minimum Gasteiger partial charge on any atom is -0.494 e. The van der Waals surface area contributed by atoms with Crippen molar-refractivity contribution in [1.82, 2.24) is 0 Å². The van der Waals surface area contributed by atoms with Gasteiger partial charge in [-0.25, -0.2) is 0 Å². The molecule has 1 amide bonds. The van der Waals surface area contributed by atoms with Crippen LogP contribution in [-0.4, -0.2) is 19.1 Å². The fourth-order valence-corrected chi connectivity index (χ4v) is 2.21. The van der Waals surface area contributed by atoms with Gasteiger partial charge in [-0.1, -0.05) is 31.9 Å². The summed E-state index contributed by atoms with van der Waals surface area (Å²) in [5.41, 5.74) is 0.584. The van der Waals surface area contributed by atoms with Crippen molar-refractivity contribution >= 4 is 11.6 Å². The first-order valence-electron chi connectivity index (χ1n) is 8.18. The molecule has 25 heavy (non-hydrogen) atoms. The summed E-state index contributed by atoms with van der Waals surface area (Å²) in [6, 6.07) is 12.7. The number of nitrogens with one attached hydrogen (secondary N) is 1. The number of unbranched alkanes of at least 4 members (excludes halogenated alkanes) is 2. The summed E-state index contributed by atoms with van der Waals surface area (Å²) in [7, 11) is 0. The number of ether oxygens (including phenoxy) is 2. The van der Waals surface area contributed by atoms with Gasteiger partial charge in [0.15, 0.2) is 0 Å². The Bertz CT molecular complexity index is 675. The number of para-hydroxylation sites is 2. The SMILES string of the molecule is CCCCCOc1ccc(C(=O)Nc2ccccc2OC(F)F)cc1. The van der Waals surface area contributed by atoms with E-state index in [4.69, 9.17) is 4.74 Å². The van der Waals surface area contributed by atoms with Gasteiger partial charge in [-0.05, 0) is 42.8 Å². The number of alkyl halides is 2. The normalized spacial score (nSPS) is 10.6. The zero-order chi connectivity index (χ0) is 18.1. The molecule has 134 valence electrons. The summed E-state index contributed by atoms with van der Waals surface area (Å²) in [5.74, 6) is 0.193. The van der Waals surface area contributed by atoms with Crippen LogP contribution in [0.15, 0.2) is 48.5 Å². The first kappa shape index (κ1) is 18.7. The van der Waals surface area contributed by atoms with E-state index < -0.39 is 12.5 Å². The van der Waals surface area contributed by atoms with E-state index in [2.05, 4.69) is 17.0 Å². The number of amides is 1. The molecule has 2 aromatic rings. The van der Waals surface area contributed by atoms with E-state index in [1.807, 2.05) is 0 Å². The molecule has 2 aromatic carbocycles. The van der Waals surface area contributed by atoms with Crippen LogP contribution in [0.2, 0.25) is 0 Å². The minimum absolute atomic E-state index is 0.0817. The summed E-state index contributed by atoms with van der Waals surface area (Å²) >= 11 is 0. The zero-order valence-electron chi connectivity index (χ0n) is 14.0. The Kier molecular flexibility index (Phi) is 7.19. The van der Waals surface area contributed by atoms with Crippen molar-refractivity contribution < 1.29 is 23.0 Å². The van der Waals surface area contributed by atoms with Crippen molar-refractivity contribution in [1.29, 1.82) is 0 Å². The predicted molar refractivity (Wildman–Crippen MR) is 92.5 cm³/mol. The van der Waals surface area contributed by atoms with Gasteiger partial charge in [-0.3, -0.25) is 4.79 Å². The number of benzene rings is 2. The highest BCUT2D eigenvalue weighted by molar-refractivity contribution is 6.05. The summed E-state index contributed by atoms with van der Waals surface area (Å²) in [4.78, 5) is 12.3. The molecule has 0 aliphatic carbocycles. The van der Waals surface area contributed by atoms with Crippen LogP contribution in [0.3, 0.4) is 0 Å². The smallest absolute Gasteiger partial charge is 0.387 e. The second-order valence-corrected chi connectivity index (χ2v) is 5.41. The fraction of sp³-hybridized carbons (Fsp3) is 0.316. The number of rotatable bonds is 9. The molecule has 0 saturated heterocycles. The van der Waals surface area contributed by atoms with Gasteiger partial charge in [-0.2, -0.15) is 8.78 Å². The van der Waals surface area contributed by atoms with Gasteiger partial charge in [-0.15, -0.1) is 0 Å². The summed E-state index contributed by atoms with van der Waals surface area (Å²) in [6.45, 7) is -0.197. The molecule has 6 heteroatoms. The molecule has 0 aliphatic rings. The molecule has 0 radical (unpaired) electrons. The van der Waals surface area contributed by atoms with Gasteiger partial charge in [0.25, 0.3) is 5.91 Å². The highest BCUT2D eigenvalue weighted by atomic mass is 19.3. The average Bonchev–Trinajstić information content (AvgIpc) is 2.60. The standard InChI is InChI=1S/C19H21F2NO3/c1-2-3-6-13-24-15-11-9-14(10-12-15)18(23)22-16-7-4-5-8-17(16)25-19(20)21/h4-5,7-12,19H,2-3,6,13H2,1H3,(H,22,23). The van der Waals surface area contributed by atoms with Crippen LogP contribution in [-0.2, 0) is 0 Å². The largest absolute Gasteiger partial charge is 0.494 e. The molecule has 0 saturated carbocycles. The molecule has 0 spiro atoms. The van der Waals surface area contributed by atoms with Gasteiger partial charge in [0, 0.05) is 5.56 Å². The quantitative estimate of drug-likeness (QED) is 0.640. The third-order valence-electron chi connectivity index (χ3n) is 3.48. The Labute approximate surface area is 145 Å². The monoisotopic (exact) mass is 349 g/mol. The highest BCUT2D eigenvalue weighted by Gasteiger charge is 2.12. The molecule has 0 fully saturated rings. The fourth-order valence-electron chi connectivity index (χ4n) is 2.21. The second kappa shape index (κ2) is 9.61. The van der Waals surface area contributed by atoms with Gasteiger partial charge in [0.05, 0.1) is 12.3 Å². The summed E-state index contributed by atoms with van der Waals surface area (Å²) in [6.07, 6.45) is 3.22. The Balaban J connectivity index is 1.97. The minimum atomic E-state index is -2.96. The average molecular weight is 349 g/mol. The second-order valence-electron chi connectivity index (χ2n) is 5.41. The Morgan fingerprint density at radius 2 is 1.80 bits per heavy atom. The maximum atomic E-state index is 12.4. The third kappa shape index (κ3) is 6.06. The molecule has 1 N–H and O–H groups in total. The van der Waals surface area contributed by atoms with Crippen molar-refractivity contribution in [3.63, 3.8) is 0 Å². The zero-order valence-corrected chi connectivity index (χ0v) is 14.0. The summed E-state index contributed by atoms with van der Waals surface area (Å²) < 4.78 is 34.8. The molecular formula is C19H21F2NO3. The lowest BCUT2D eigenvalue weighted by atomic mass is 10.2. The van der Waals surface area contributed by atoms with Crippen molar-refractivity contribution in [2.24, 2.45) is 0 Å². The molecule has 0 unspecified atom stereocenters. The maximum absolute atomic E-state index is 12.4. The molecule has 2 rings (SSSR count). The van der Waals surface area contributed by atoms with E-state index in [9.17, 15) is 13.6 Å². The van der Waals surface area contributed by atoms with Crippen LogP contribution in [0.1, 0.15) is 36.5 Å². The molecule has 0 heterocycles. The van der Waals surface area contributed by atoms with Crippen LogP contribution >= 0.6 is 0 Å². The van der Waals surface area contributed by atoms with E-state index in [0.717, 1.165) is 19.3 Å². The number of hydrogen-bond acceptors (Lipinski definition) is 3. The van der Waals surface area contributed by atoms with Crippen molar-refractivity contribution in [3.8, 4) is 11.5 Å². The van der Waals surface area contributed by atoms with E-state index in [1.165, 1.54) is 12.1 Å². The molecular weight excluding hydrogens is 328 g/mol. The van der Waals surface area contributed by atoms with Crippen LogP contribution in [0.4, 0.5) is 14.5 Å². The third-order valence-corrected chi connectivity index (χ3v) is 3.48. The molecule has 0 bridgehead atoms. The predicted octanol–water partition coefficient (Wildman–Crippen LogP) is 5.11. The van der Waals surface area contributed by atoms with Gasteiger partial charge < -0.3 is 14.8 Å². The Morgan fingerprint density at radius 3 is 2.48 bits per heavy atom. The number of carbonyl (C=O) groups is 1. The van der Waals surface area contributed by atoms with Crippen molar-refractivity contribution in [2.75, 3.05) is 11.9 Å². The van der Waals surface area contributed by atoms with Crippen LogP contribution in [0.5, 0.6) is 11.5 Å². The van der Waals surface area contributed by atoms with E-state index in [0.29, 0.717) is 17.9 Å². The first-order valence-corrected chi connectivity index (χ1v) is 8.18. The number of carbonyl (C=O) groups excluding carboxylic acids is 1. The first-order chi connectivity index (χ1) is 12.1. The van der Waals surface area contributed by atoms with Crippen LogP contribution in [0.25, 0.3) is 0 Å². The van der Waals surface area contributed by atoms with Crippen molar-refractivity contribution in [2.45, 2.75) is 32.8 Å². The van der Waals surface area contributed by atoms with E-state index in [1.54, 1.807) is 36.4 Å². The lowest BCUT2D eigenvalue weighted by Crippen LogP contribution is -2.13. The van der Waals surface area contributed by atoms with Crippen LogP contribution < -0.4 is 14.8 Å². The lowest BCUT2D eigenvalue weighted by Gasteiger charge is -2.12. The Morgan fingerprint density at radius 1 is 1.08 bits per heavy atom. The van der Waals surface area contributed by atoms with Gasteiger partial charge in [0.1, 0.15) is 11.5 Å². The molecule has 0 aromatic heterocycles. The maximum Gasteiger partial charge on any atom is 0.387 e. The van der Waals surface area contributed by atoms with E-state index >= 15 is 0 Å². The molecule has 0 atom stereocenters. The molecule has 0 aliphatic heterocycles.